The summed E-state index contributed by atoms with van der Waals surface area (Å²) in [7, 11) is 0. The molecule has 1 aliphatic rings. The third-order valence-corrected chi connectivity index (χ3v) is 4.41. The monoisotopic (exact) mass is 362 g/mol. The number of allylic oxidation sites excluding steroid dienone is 2. The number of ether oxygens (including phenoxy) is 1. The van der Waals surface area contributed by atoms with Crippen molar-refractivity contribution in [1.82, 2.24) is 5.32 Å². The number of hydrogen-bond donors (Lipinski definition) is 2. The highest BCUT2D eigenvalue weighted by Crippen LogP contribution is 2.40. The van der Waals surface area contributed by atoms with Gasteiger partial charge in [-0.25, -0.2) is 4.79 Å². The molecule has 0 amide bonds. The zero-order valence-corrected chi connectivity index (χ0v) is 14.7. The average Bonchev–Trinajstić information content (AvgIpc) is 2.57. The lowest BCUT2D eigenvalue weighted by Gasteiger charge is -2.30. The number of benzene rings is 1. The van der Waals surface area contributed by atoms with Gasteiger partial charge < -0.3 is 15.2 Å². The number of rotatable bonds is 7. The Labute approximate surface area is 150 Å². The molecule has 1 unspecified atom stereocenters. The predicted octanol–water partition coefficient (Wildman–Crippen LogP) is 3.99. The highest BCUT2D eigenvalue weighted by Gasteiger charge is 2.33. The molecule has 132 valence electrons. The Morgan fingerprint density at radius 2 is 2.16 bits per heavy atom. The molecule has 1 atom stereocenters. The number of hydrogen-bond acceptors (Lipinski definition) is 4. The number of carboxylic acids is 1. The minimum Gasteiger partial charge on any atom is -0.478 e. The van der Waals surface area contributed by atoms with Crippen LogP contribution in [0.3, 0.4) is 0 Å². The first kappa shape index (κ1) is 18.9. The fourth-order valence-corrected chi connectivity index (χ4v) is 3.03. The molecule has 0 bridgehead atoms. The third-order valence-electron chi connectivity index (χ3n) is 4.07. The minimum atomic E-state index is -1.03. The van der Waals surface area contributed by atoms with Gasteiger partial charge in [0.2, 0.25) is 0 Å². The summed E-state index contributed by atoms with van der Waals surface area (Å²) >= 11 is 6.31. The largest absolute Gasteiger partial charge is 0.478 e. The molecule has 0 spiro atoms. The fraction of sp³-hybridized carbons (Fsp3) is 0.353. The minimum absolute atomic E-state index is 0.0775. The van der Waals surface area contributed by atoms with Crippen LogP contribution in [0.2, 0.25) is 5.02 Å². The maximum atomic E-state index is 12.0. The molecule has 8 heteroatoms. The Morgan fingerprint density at radius 1 is 1.44 bits per heavy atom. The molecular formula is C17H19ClN4O3. The number of nitrogens with zero attached hydrogens (tertiary/aromatic N) is 3. The van der Waals surface area contributed by atoms with Gasteiger partial charge in [-0.05, 0) is 36.6 Å². The summed E-state index contributed by atoms with van der Waals surface area (Å²) in [6, 6.07) is 7.22. The lowest BCUT2D eigenvalue weighted by molar-refractivity contribution is -0.133. The highest BCUT2D eigenvalue weighted by molar-refractivity contribution is 6.31. The lowest BCUT2D eigenvalue weighted by atomic mass is 9.81. The van der Waals surface area contributed by atoms with Crippen LogP contribution in [0, 0.1) is 0 Å². The van der Waals surface area contributed by atoms with E-state index >= 15 is 0 Å². The molecule has 1 aliphatic heterocycles. The van der Waals surface area contributed by atoms with Gasteiger partial charge in [0.25, 0.3) is 0 Å². The van der Waals surface area contributed by atoms with E-state index in [4.69, 9.17) is 21.9 Å². The molecule has 0 saturated carbocycles. The van der Waals surface area contributed by atoms with Gasteiger partial charge in [0.05, 0.1) is 24.5 Å². The molecule has 1 aromatic carbocycles. The van der Waals surface area contributed by atoms with Crippen LogP contribution >= 0.6 is 11.6 Å². The molecular weight excluding hydrogens is 344 g/mol. The predicted molar refractivity (Wildman–Crippen MR) is 95.2 cm³/mol. The second-order valence-corrected chi connectivity index (χ2v) is 6.00. The number of carboxylic acid groups (broad SMARTS) is 1. The van der Waals surface area contributed by atoms with Gasteiger partial charge in [0.15, 0.2) is 0 Å². The maximum absolute atomic E-state index is 12.0. The van der Waals surface area contributed by atoms with Crippen molar-refractivity contribution in [3.05, 3.63) is 67.8 Å². The molecule has 0 fully saturated rings. The molecule has 1 aromatic rings. The molecule has 7 nitrogen and oxygen atoms in total. The fourth-order valence-electron chi connectivity index (χ4n) is 2.79. The van der Waals surface area contributed by atoms with Crippen molar-refractivity contribution in [3.63, 3.8) is 0 Å². The van der Waals surface area contributed by atoms with Gasteiger partial charge in [-0.2, -0.15) is 0 Å². The maximum Gasteiger partial charge on any atom is 0.334 e. The van der Waals surface area contributed by atoms with Crippen molar-refractivity contribution in [2.45, 2.75) is 19.8 Å². The van der Waals surface area contributed by atoms with Crippen molar-refractivity contribution in [2.75, 3.05) is 19.8 Å². The molecule has 0 saturated heterocycles. The standard InChI is InChI=1S/C17H19ClN4O3/c1-10-11(2)21-14(9-25-8-7-20-22-19)16(17(23)24)15(10)12-5-3-4-6-13(12)18/h3-6,15,21H,7-9H2,1-2H3,(H,23,24). The first-order chi connectivity index (χ1) is 12.0. The SMILES string of the molecule is CC1=C(C)C(c2ccccc2Cl)C(C(=O)O)=C(COCCN=[N+]=[N-])N1. The van der Waals surface area contributed by atoms with Crippen LogP contribution in [0.5, 0.6) is 0 Å². The number of aliphatic carboxylic acids is 1. The van der Waals surface area contributed by atoms with E-state index in [9.17, 15) is 9.90 Å². The quantitative estimate of drug-likeness (QED) is 0.331. The van der Waals surface area contributed by atoms with Crippen molar-refractivity contribution < 1.29 is 14.6 Å². The molecule has 0 radical (unpaired) electrons. The van der Waals surface area contributed by atoms with Crippen molar-refractivity contribution in [1.29, 1.82) is 0 Å². The van der Waals surface area contributed by atoms with Gasteiger partial charge in [-0.15, -0.1) is 0 Å². The number of dihydropyridines is 1. The Kier molecular flexibility index (Phi) is 6.47. The van der Waals surface area contributed by atoms with Crippen LogP contribution in [0.15, 0.2) is 51.9 Å². The summed E-state index contributed by atoms with van der Waals surface area (Å²) in [5.74, 6) is -1.49. The third kappa shape index (κ3) is 4.33. The Hall–Kier alpha value is -2.47. The van der Waals surface area contributed by atoms with Crippen LogP contribution in [0.1, 0.15) is 25.3 Å². The topological polar surface area (TPSA) is 107 Å². The van der Waals surface area contributed by atoms with Crippen molar-refractivity contribution in [2.24, 2.45) is 5.11 Å². The summed E-state index contributed by atoms with van der Waals surface area (Å²) in [5, 5.41) is 16.8. The van der Waals surface area contributed by atoms with Gasteiger partial charge in [0, 0.05) is 28.1 Å². The summed E-state index contributed by atoms with van der Waals surface area (Å²) in [6.07, 6.45) is 0. The molecule has 0 aliphatic carbocycles. The van der Waals surface area contributed by atoms with Crippen LogP contribution in [-0.4, -0.2) is 30.8 Å². The first-order valence-electron chi connectivity index (χ1n) is 7.71. The molecule has 2 rings (SSSR count). The van der Waals surface area contributed by atoms with E-state index in [1.54, 1.807) is 6.07 Å². The summed E-state index contributed by atoms with van der Waals surface area (Å²) < 4.78 is 5.45. The smallest absolute Gasteiger partial charge is 0.334 e. The average molecular weight is 363 g/mol. The van der Waals surface area contributed by atoms with E-state index in [1.165, 1.54) is 0 Å². The van der Waals surface area contributed by atoms with Crippen molar-refractivity contribution in [3.8, 4) is 0 Å². The van der Waals surface area contributed by atoms with Crippen LogP contribution in [0.4, 0.5) is 0 Å². The summed E-state index contributed by atoms with van der Waals surface area (Å²) in [4.78, 5) is 14.6. The number of halogens is 1. The van der Waals surface area contributed by atoms with E-state index < -0.39 is 11.9 Å². The first-order valence-corrected chi connectivity index (χ1v) is 8.09. The zero-order valence-electron chi connectivity index (χ0n) is 14.0. The Morgan fingerprint density at radius 3 is 2.80 bits per heavy atom. The van der Waals surface area contributed by atoms with Crippen LogP contribution < -0.4 is 5.32 Å². The number of nitrogens with one attached hydrogen (secondary N) is 1. The molecule has 1 heterocycles. The second-order valence-electron chi connectivity index (χ2n) is 5.59. The highest BCUT2D eigenvalue weighted by atomic mass is 35.5. The number of carbonyl (C=O) groups is 1. The van der Waals surface area contributed by atoms with Gasteiger partial charge >= 0.3 is 5.97 Å². The lowest BCUT2D eigenvalue weighted by Crippen LogP contribution is -2.30. The van der Waals surface area contributed by atoms with E-state index in [0.717, 1.165) is 16.8 Å². The van der Waals surface area contributed by atoms with Gasteiger partial charge in [0.1, 0.15) is 0 Å². The molecule has 2 N–H and O–H groups in total. The second kappa shape index (κ2) is 8.58. The van der Waals surface area contributed by atoms with Crippen molar-refractivity contribution >= 4 is 17.6 Å². The summed E-state index contributed by atoms with van der Waals surface area (Å²) in [6.45, 7) is 4.25. The molecule has 0 aromatic heterocycles. The van der Waals surface area contributed by atoms with Gasteiger partial charge in [-0.1, -0.05) is 34.9 Å². The summed E-state index contributed by atoms with van der Waals surface area (Å²) in [5.41, 5.74) is 11.4. The normalized spacial score (nSPS) is 17.2. The Balaban J connectivity index is 2.39. The van der Waals surface area contributed by atoms with E-state index in [2.05, 4.69) is 15.3 Å². The van der Waals surface area contributed by atoms with Crippen LogP contribution in [-0.2, 0) is 9.53 Å². The van der Waals surface area contributed by atoms with E-state index in [0.29, 0.717) is 10.7 Å². The van der Waals surface area contributed by atoms with E-state index in [1.807, 2.05) is 32.0 Å². The zero-order chi connectivity index (χ0) is 18.4. The number of azide groups is 1. The van der Waals surface area contributed by atoms with Gasteiger partial charge in [-0.3, -0.25) is 0 Å². The van der Waals surface area contributed by atoms with Crippen LogP contribution in [0.25, 0.3) is 10.4 Å². The molecule has 25 heavy (non-hydrogen) atoms. The van der Waals surface area contributed by atoms with E-state index in [-0.39, 0.29) is 25.3 Å². The Bertz CT molecular complexity index is 782.